The molecule has 0 bridgehead atoms. The van der Waals surface area contributed by atoms with Gasteiger partial charge >= 0.3 is 0 Å². The lowest BCUT2D eigenvalue weighted by Crippen LogP contribution is -2.55. The molecule has 2 aliphatic heterocycles. The number of likely N-dealkylation sites (tertiary alicyclic amines) is 1. The van der Waals surface area contributed by atoms with E-state index >= 15 is 0 Å². The molecule has 0 saturated carbocycles. The Morgan fingerprint density at radius 3 is 2.67 bits per heavy atom. The van der Waals surface area contributed by atoms with Gasteiger partial charge in [0, 0.05) is 32.7 Å². The van der Waals surface area contributed by atoms with Crippen LogP contribution in [0.5, 0.6) is 0 Å². The summed E-state index contributed by atoms with van der Waals surface area (Å²) in [6, 6.07) is -0.346. The number of amides is 2. The number of hydrogen-bond acceptors (Lipinski definition) is 4. The van der Waals surface area contributed by atoms with Gasteiger partial charge in [0.15, 0.2) is 0 Å². The number of hydrogen-bond donors (Lipinski definition) is 2. The monoisotopic (exact) mass is 296 g/mol. The number of piperazine rings is 1. The fourth-order valence-electron chi connectivity index (χ4n) is 3.16. The second kappa shape index (κ2) is 7.75. The molecule has 2 aliphatic rings. The van der Waals surface area contributed by atoms with Crippen LogP contribution in [0.2, 0.25) is 0 Å². The van der Waals surface area contributed by atoms with Gasteiger partial charge in [0.25, 0.3) is 0 Å². The number of nitrogens with zero attached hydrogens (tertiary/aromatic N) is 2. The summed E-state index contributed by atoms with van der Waals surface area (Å²) in [5.41, 5.74) is 0. The third-order valence-corrected chi connectivity index (χ3v) is 4.43. The highest BCUT2D eigenvalue weighted by Crippen LogP contribution is 2.22. The van der Waals surface area contributed by atoms with Crippen molar-refractivity contribution < 1.29 is 9.59 Å². The standard InChI is InChI=1S/C15H28N4O2/c1-3-6-17-14(20)12(2)19-9-4-5-13(19)15(21)18-10-7-16-8-11-18/h12-13,16H,3-11H2,1-2H3,(H,17,20). The largest absolute Gasteiger partial charge is 0.355 e. The molecule has 120 valence electrons. The molecule has 0 aromatic heterocycles. The molecule has 2 amide bonds. The van der Waals surface area contributed by atoms with Crippen LogP contribution in [0.3, 0.4) is 0 Å². The van der Waals surface area contributed by atoms with E-state index < -0.39 is 0 Å². The van der Waals surface area contributed by atoms with E-state index in [0.29, 0.717) is 6.54 Å². The summed E-state index contributed by atoms with van der Waals surface area (Å²) >= 11 is 0. The first-order valence-electron chi connectivity index (χ1n) is 8.18. The van der Waals surface area contributed by atoms with Crippen LogP contribution in [-0.2, 0) is 9.59 Å². The molecule has 21 heavy (non-hydrogen) atoms. The van der Waals surface area contributed by atoms with Crippen LogP contribution < -0.4 is 10.6 Å². The fraction of sp³-hybridized carbons (Fsp3) is 0.867. The highest BCUT2D eigenvalue weighted by Gasteiger charge is 2.38. The van der Waals surface area contributed by atoms with Gasteiger partial charge < -0.3 is 15.5 Å². The summed E-state index contributed by atoms with van der Waals surface area (Å²) in [7, 11) is 0. The Kier molecular flexibility index (Phi) is 5.99. The van der Waals surface area contributed by atoms with Gasteiger partial charge in [-0.3, -0.25) is 14.5 Å². The molecule has 0 aliphatic carbocycles. The van der Waals surface area contributed by atoms with Crippen molar-refractivity contribution in [1.82, 2.24) is 20.4 Å². The number of carbonyl (C=O) groups excluding carboxylic acids is 2. The second-order valence-corrected chi connectivity index (χ2v) is 5.94. The minimum absolute atomic E-state index is 0.0388. The molecule has 0 aromatic carbocycles. The molecular weight excluding hydrogens is 268 g/mol. The summed E-state index contributed by atoms with van der Waals surface area (Å²) in [6.07, 6.45) is 2.80. The Bertz CT molecular complexity index is 369. The van der Waals surface area contributed by atoms with Gasteiger partial charge in [-0.05, 0) is 32.7 Å². The molecule has 0 aromatic rings. The zero-order valence-corrected chi connectivity index (χ0v) is 13.2. The maximum absolute atomic E-state index is 12.7. The van der Waals surface area contributed by atoms with Crippen LogP contribution in [0.15, 0.2) is 0 Å². The molecule has 2 unspecified atom stereocenters. The van der Waals surface area contributed by atoms with Crippen molar-refractivity contribution in [2.45, 2.75) is 45.2 Å². The lowest BCUT2D eigenvalue weighted by atomic mass is 10.1. The molecule has 2 atom stereocenters. The summed E-state index contributed by atoms with van der Waals surface area (Å²) in [5.74, 6) is 0.237. The molecule has 2 saturated heterocycles. The summed E-state index contributed by atoms with van der Waals surface area (Å²) in [6.45, 7) is 8.78. The normalized spacial score (nSPS) is 24.9. The highest BCUT2D eigenvalue weighted by molar-refractivity contribution is 5.85. The third kappa shape index (κ3) is 3.95. The van der Waals surface area contributed by atoms with Crippen molar-refractivity contribution in [2.75, 3.05) is 39.3 Å². The van der Waals surface area contributed by atoms with Crippen molar-refractivity contribution in [3.05, 3.63) is 0 Å². The maximum Gasteiger partial charge on any atom is 0.240 e. The third-order valence-electron chi connectivity index (χ3n) is 4.43. The zero-order chi connectivity index (χ0) is 15.2. The van der Waals surface area contributed by atoms with Gasteiger partial charge in [0.1, 0.15) is 0 Å². The first kappa shape index (κ1) is 16.2. The van der Waals surface area contributed by atoms with E-state index in [1.807, 2.05) is 18.7 Å². The topological polar surface area (TPSA) is 64.7 Å². The second-order valence-electron chi connectivity index (χ2n) is 5.94. The van der Waals surface area contributed by atoms with Crippen molar-refractivity contribution in [3.63, 3.8) is 0 Å². The average Bonchev–Trinajstić information content (AvgIpc) is 3.01. The first-order chi connectivity index (χ1) is 10.1. The number of nitrogens with one attached hydrogen (secondary N) is 2. The lowest BCUT2D eigenvalue weighted by Gasteiger charge is -2.34. The fourth-order valence-corrected chi connectivity index (χ4v) is 3.16. The number of carbonyl (C=O) groups is 2. The lowest BCUT2D eigenvalue weighted by molar-refractivity contribution is -0.138. The van der Waals surface area contributed by atoms with Crippen LogP contribution >= 0.6 is 0 Å². The van der Waals surface area contributed by atoms with Gasteiger partial charge in [-0.15, -0.1) is 0 Å². The summed E-state index contributed by atoms with van der Waals surface area (Å²) < 4.78 is 0. The van der Waals surface area contributed by atoms with Gasteiger partial charge in [-0.25, -0.2) is 0 Å². The molecule has 0 spiro atoms. The van der Waals surface area contributed by atoms with Crippen LogP contribution in [0.25, 0.3) is 0 Å². The molecular formula is C15H28N4O2. The molecule has 2 heterocycles. The zero-order valence-electron chi connectivity index (χ0n) is 13.2. The van der Waals surface area contributed by atoms with E-state index in [-0.39, 0.29) is 23.9 Å². The Balaban J connectivity index is 1.95. The Morgan fingerprint density at radius 1 is 1.29 bits per heavy atom. The van der Waals surface area contributed by atoms with Crippen molar-refractivity contribution in [3.8, 4) is 0 Å². The van der Waals surface area contributed by atoms with Crippen molar-refractivity contribution in [1.29, 1.82) is 0 Å². The van der Waals surface area contributed by atoms with Crippen LogP contribution in [0, 0.1) is 0 Å². The van der Waals surface area contributed by atoms with E-state index in [9.17, 15) is 9.59 Å². The smallest absolute Gasteiger partial charge is 0.240 e. The van der Waals surface area contributed by atoms with Gasteiger partial charge in [0.05, 0.1) is 12.1 Å². The summed E-state index contributed by atoms with van der Waals surface area (Å²) in [5, 5.41) is 6.20. The SMILES string of the molecule is CCCNC(=O)C(C)N1CCCC1C(=O)N1CCNCC1. The van der Waals surface area contributed by atoms with Gasteiger partial charge in [-0.1, -0.05) is 6.92 Å². The minimum atomic E-state index is -0.226. The van der Waals surface area contributed by atoms with E-state index in [4.69, 9.17) is 0 Å². The predicted molar refractivity (Wildman–Crippen MR) is 81.9 cm³/mol. The Hall–Kier alpha value is -1.14. The minimum Gasteiger partial charge on any atom is -0.355 e. The van der Waals surface area contributed by atoms with Crippen molar-refractivity contribution >= 4 is 11.8 Å². The van der Waals surface area contributed by atoms with Crippen molar-refractivity contribution in [2.24, 2.45) is 0 Å². The summed E-state index contributed by atoms with van der Waals surface area (Å²) in [4.78, 5) is 28.8. The average molecular weight is 296 g/mol. The van der Waals surface area contributed by atoms with Crippen LogP contribution in [0.4, 0.5) is 0 Å². The van der Waals surface area contributed by atoms with E-state index in [2.05, 4.69) is 15.5 Å². The van der Waals surface area contributed by atoms with Gasteiger partial charge in [0.2, 0.25) is 11.8 Å². The predicted octanol–water partition coefficient (Wildman–Crippen LogP) is -0.203. The molecule has 2 fully saturated rings. The molecule has 6 heteroatoms. The van der Waals surface area contributed by atoms with E-state index in [1.54, 1.807) is 0 Å². The molecule has 0 radical (unpaired) electrons. The van der Waals surface area contributed by atoms with Crippen LogP contribution in [0.1, 0.15) is 33.1 Å². The highest BCUT2D eigenvalue weighted by atomic mass is 16.2. The van der Waals surface area contributed by atoms with E-state index in [1.165, 1.54) is 0 Å². The Labute approximate surface area is 127 Å². The molecule has 2 rings (SSSR count). The quantitative estimate of drug-likeness (QED) is 0.737. The van der Waals surface area contributed by atoms with Gasteiger partial charge in [-0.2, -0.15) is 0 Å². The molecule has 2 N–H and O–H groups in total. The first-order valence-corrected chi connectivity index (χ1v) is 8.18. The van der Waals surface area contributed by atoms with E-state index in [0.717, 1.165) is 52.0 Å². The molecule has 6 nitrogen and oxygen atoms in total. The Morgan fingerprint density at radius 2 is 2.00 bits per heavy atom. The number of rotatable bonds is 5. The maximum atomic E-state index is 12.7. The van der Waals surface area contributed by atoms with Crippen LogP contribution in [-0.4, -0.2) is 73.0 Å².